The van der Waals surface area contributed by atoms with E-state index in [0.29, 0.717) is 23.8 Å². The predicted molar refractivity (Wildman–Crippen MR) is 70.4 cm³/mol. The Kier molecular flexibility index (Phi) is 4.19. The third-order valence-corrected chi connectivity index (χ3v) is 2.61. The zero-order valence-electron chi connectivity index (χ0n) is 11.5. The molecule has 0 N–H and O–H groups in total. The van der Waals surface area contributed by atoms with Crippen LogP contribution in [0.4, 0.5) is 0 Å². The van der Waals surface area contributed by atoms with Crippen molar-refractivity contribution in [3.05, 3.63) is 30.1 Å². The Balaban J connectivity index is 2.30. The van der Waals surface area contributed by atoms with Crippen LogP contribution in [0.5, 0.6) is 11.5 Å². The molecule has 1 aromatic heterocycles. The summed E-state index contributed by atoms with van der Waals surface area (Å²) < 4.78 is 16.7. The van der Waals surface area contributed by atoms with E-state index in [0.717, 1.165) is 0 Å². The summed E-state index contributed by atoms with van der Waals surface area (Å²) in [5.41, 5.74) is 0.854. The maximum absolute atomic E-state index is 11.5. The molecule has 0 bridgehead atoms. The third kappa shape index (κ3) is 2.71. The summed E-state index contributed by atoms with van der Waals surface area (Å²) in [4.78, 5) is 11.5. The molecule has 2 rings (SSSR count). The van der Waals surface area contributed by atoms with Gasteiger partial charge in [-0.05, 0) is 19.1 Å². The molecule has 106 valence electrons. The lowest BCUT2D eigenvalue weighted by Gasteiger charge is -2.08. The lowest BCUT2D eigenvalue weighted by molar-refractivity contribution is 0.0519. The van der Waals surface area contributed by atoms with Crippen LogP contribution in [-0.4, -0.2) is 41.8 Å². The van der Waals surface area contributed by atoms with Gasteiger partial charge in [-0.25, -0.2) is 9.48 Å². The van der Waals surface area contributed by atoms with Crippen molar-refractivity contribution < 1.29 is 19.0 Å². The fourth-order valence-electron chi connectivity index (χ4n) is 1.66. The van der Waals surface area contributed by atoms with Crippen LogP contribution in [0.3, 0.4) is 0 Å². The minimum absolute atomic E-state index is 0.154. The summed E-state index contributed by atoms with van der Waals surface area (Å²) in [6.07, 6.45) is 1.50. The van der Waals surface area contributed by atoms with E-state index in [2.05, 4.69) is 10.3 Å². The summed E-state index contributed by atoms with van der Waals surface area (Å²) in [6, 6.07) is 5.27. The highest BCUT2D eigenvalue weighted by Crippen LogP contribution is 2.28. The quantitative estimate of drug-likeness (QED) is 0.770. The molecule has 2 aromatic rings. The van der Waals surface area contributed by atoms with Crippen LogP contribution in [0.15, 0.2) is 24.4 Å². The van der Waals surface area contributed by atoms with E-state index in [-0.39, 0.29) is 5.69 Å². The van der Waals surface area contributed by atoms with Crippen molar-refractivity contribution >= 4 is 5.97 Å². The van der Waals surface area contributed by atoms with Gasteiger partial charge < -0.3 is 14.2 Å². The first-order valence-electron chi connectivity index (χ1n) is 6.01. The van der Waals surface area contributed by atoms with Gasteiger partial charge in [0.15, 0.2) is 17.2 Å². The lowest BCUT2D eigenvalue weighted by Crippen LogP contribution is -2.04. The molecule has 7 heteroatoms. The number of hydrogen-bond acceptors (Lipinski definition) is 6. The number of ether oxygens (including phenoxy) is 3. The Bertz CT molecular complexity index is 609. The van der Waals surface area contributed by atoms with E-state index >= 15 is 0 Å². The highest BCUT2D eigenvalue weighted by molar-refractivity contribution is 5.86. The molecule has 0 unspecified atom stereocenters. The van der Waals surface area contributed by atoms with Gasteiger partial charge in [-0.1, -0.05) is 5.21 Å². The monoisotopic (exact) mass is 277 g/mol. The van der Waals surface area contributed by atoms with Gasteiger partial charge in [-0.3, -0.25) is 0 Å². The van der Waals surface area contributed by atoms with Gasteiger partial charge in [0.1, 0.15) is 0 Å². The molecule has 7 nitrogen and oxygen atoms in total. The van der Waals surface area contributed by atoms with E-state index in [4.69, 9.17) is 14.2 Å². The first-order chi connectivity index (χ1) is 9.69. The molecule has 0 fully saturated rings. The van der Waals surface area contributed by atoms with Crippen molar-refractivity contribution in [2.75, 3.05) is 20.8 Å². The normalized spacial score (nSPS) is 10.2. The Morgan fingerprint density at radius 3 is 2.65 bits per heavy atom. The van der Waals surface area contributed by atoms with Gasteiger partial charge in [0.25, 0.3) is 0 Å². The van der Waals surface area contributed by atoms with E-state index in [9.17, 15) is 4.79 Å². The van der Waals surface area contributed by atoms with Crippen LogP contribution in [0, 0.1) is 0 Å². The molecular formula is C13H15N3O4. The zero-order chi connectivity index (χ0) is 14.5. The van der Waals surface area contributed by atoms with Crippen molar-refractivity contribution in [2.45, 2.75) is 6.92 Å². The molecule has 0 radical (unpaired) electrons. The SMILES string of the molecule is CCOC(=O)c1cn(-c2ccc(OC)c(OC)c2)nn1. The zero-order valence-corrected chi connectivity index (χ0v) is 11.5. The Labute approximate surface area is 116 Å². The van der Waals surface area contributed by atoms with E-state index in [1.54, 1.807) is 39.3 Å². The molecule has 1 aromatic carbocycles. The standard InChI is InChI=1S/C13H15N3O4/c1-4-20-13(17)10-8-16(15-14-10)9-5-6-11(18-2)12(7-9)19-3/h5-8H,4H2,1-3H3. The number of carbonyl (C=O) groups is 1. The highest BCUT2D eigenvalue weighted by atomic mass is 16.5. The molecular weight excluding hydrogens is 262 g/mol. The summed E-state index contributed by atoms with van der Waals surface area (Å²) in [7, 11) is 3.11. The molecule has 0 amide bonds. The van der Waals surface area contributed by atoms with Crippen LogP contribution in [0.25, 0.3) is 5.69 Å². The number of nitrogens with zero attached hydrogens (tertiary/aromatic N) is 3. The van der Waals surface area contributed by atoms with Crippen LogP contribution in [0.2, 0.25) is 0 Å². The minimum atomic E-state index is -0.501. The smallest absolute Gasteiger partial charge is 0.360 e. The number of benzene rings is 1. The number of carbonyl (C=O) groups excluding carboxylic acids is 1. The molecule has 0 aliphatic rings. The number of esters is 1. The van der Waals surface area contributed by atoms with Crippen LogP contribution in [-0.2, 0) is 4.74 Å². The topological polar surface area (TPSA) is 75.5 Å². The largest absolute Gasteiger partial charge is 0.493 e. The molecule has 0 spiro atoms. The van der Waals surface area contributed by atoms with E-state index in [1.807, 2.05) is 0 Å². The Morgan fingerprint density at radius 2 is 2.00 bits per heavy atom. The molecule has 0 aliphatic carbocycles. The second kappa shape index (κ2) is 6.05. The molecule has 20 heavy (non-hydrogen) atoms. The molecule has 0 saturated heterocycles. The van der Waals surface area contributed by atoms with E-state index < -0.39 is 5.97 Å². The number of methoxy groups -OCH3 is 2. The summed E-state index contributed by atoms with van der Waals surface area (Å²) in [5, 5.41) is 7.67. The molecule has 1 heterocycles. The maximum atomic E-state index is 11.5. The van der Waals surface area contributed by atoms with Gasteiger partial charge >= 0.3 is 5.97 Å². The number of aromatic nitrogens is 3. The molecule has 0 saturated carbocycles. The maximum Gasteiger partial charge on any atom is 0.360 e. The molecule has 0 atom stereocenters. The first kappa shape index (κ1) is 13.9. The van der Waals surface area contributed by atoms with Crippen LogP contribution < -0.4 is 9.47 Å². The second-order valence-corrected chi connectivity index (χ2v) is 3.81. The van der Waals surface area contributed by atoms with Crippen molar-refractivity contribution in [1.29, 1.82) is 0 Å². The first-order valence-corrected chi connectivity index (χ1v) is 6.01. The number of rotatable bonds is 5. The second-order valence-electron chi connectivity index (χ2n) is 3.81. The van der Waals surface area contributed by atoms with Crippen molar-refractivity contribution in [2.24, 2.45) is 0 Å². The van der Waals surface area contributed by atoms with Gasteiger partial charge in [0.05, 0.1) is 32.7 Å². The average molecular weight is 277 g/mol. The van der Waals surface area contributed by atoms with Crippen LogP contribution in [0.1, 0.15) is 17.4 Å². The lowest BCUT2D eigenvalue weighted by atomic mass is 10.3. The highest BCUT2D eigenvalue weighted by Gasteiger charge is 2.13. The van der Waals surface area contributed by atoms with E-state index in [1.165, 1.54) is 10.9 Å². The van der Waals surface area contributed by atoms with Crippen LogP contribution >= 0.6 is 0 Å². The Hall–Kier alpha value is -2.57. The average Bonchev–Trinajstić information content (AvgIpc) is 2.96. The van der Waals surface area contributed by atoms with Gasteiger partial charge in [-0.2, -0.15) is 0 Å². The molecule has 0 aliphatic heterocycles. The van der Waals surface area contributed by atoms with Gasteiger partial charge in [0, 0.05) is 6.07 Å². The van der Waals surface area contributed by atoms with Crippen molar-refractivity contribution in [3.8, 4) is 17.2 Å². The van der Waals surface area contributed by atoms with Crippen molar-refractivity contribution in [1.82, 2.24) is 15.0 Å². The van der Waals surface area contributed by atoms with Crippen molar-refractivity contribution in [3.63, 3.8) is 0 Å². The number of hydrogen-bond donors (Lipinski definition) is 0. The fraction of sp³-hybridized carbons (Fsp3) is 0.308. The summed E-state index contributed by atoms with van der Waals surface area (Å²) in [5.74, 6) is 0.680. The fourth-order valence-corrected chi connectivity index (χ4v) is 1.66. The van der Waals surface area contributed by atoms with Gasteiger partial charge in [-0.15, -0.1) is 5.10 Å². The summed E-state index contributed by atoms with van der Waals surface area (Å²) >= 11 is 0. The third-order valence-electron chi connectivity index (χ3n) is 2.61. The van der Waals surface area contributed by atoms with Gasteiger partial charge in [0.2, 0.25) is 0 Å². The summed E-state index contributed by atoms with van der Waals surface area (Å²) in [6.45, 7) is 2.03. The predicted octanol–water partition coefficient (Wildman–Crippen LogP) is 1.46. The minimum Gasteiger partial charge on any atom is -0.493 e. The Morgan fingerprint density at radius 1 is 1.25 bits per heavy atom.